The van der Waals surface area contributed by atoms with Crippen molar-refractivity contribution >= 4 is 29.2 Å². The van der Waals surface area contributed by atoms with Crippen LogP contribution in [0.25, 0.3) is 10.9 Å². The van der Waals surface area contributed by atoms with Gasteiger partial charge < -0.3 is 5.73 Å². The molecule has 2 aromatic rings. The number of aryl methyl sites for hydroxylation is 1. The Bertz CT molecular complexity index is 478. The van der Waals surface area contributed by atoms with Crippen molar-refractivity contribution in [3.05, 3.63) is 30.0 Å². The molecular formula is C9H10ClN3O. The third kappa shape index (κ3) is 1.44. The molecule has 5 heteroatoms. The number of nitrogens with zero attached hydrogens (tertiary/aromatic N) is 2. The predicted molar refractivity (Wildman–Crippen MR) is 56.5 cm³/mol. The first-order valence-electron chi connectivity index (χ1n) is 3.91. The normalized spacial score (nSPS) is 9.79. The Morgan fingerprint density at radius 3 is 2.71 bits per heavy atom. The maximum Gasteiger partial charge on any atom is 0.269 e. The van der Waals surface area contributed by atoms with Gasteiger partial charge in [-0.3, -0.25) is 9.48 Å². The van der Waals surface area contributed by atoms with Gasteiger partial charge in [-0.25, -0.2) is 0 Å². The van der Waals surface area contributed by atoms with E-state index in [0.29, 0.717) is 5.69 Å². The number of benzene rings is 1. The highest BCUT2D eigenvalue weighted by Gasteiger charge is 2.11. The summed E-state index contributed by atoms with van der Waals surface area (Å²) in [5.41, 5.74) is 6.42. The fourth-order valence-electron chi connectivity index (χ4n) is 1.40. The SMILES string of the molecule is Cl.Cn1nc(C(N)=O)c2ccccc21. The third-order valence-electron chi connectivity index (χ3n) is 1.99. The molecule has 0 aliphatic heterocycles. The first kappa shape index (κ1) is 10.5. The molecule has 2 rings (SSSR count). The van der Waals surface area contributed by atoms with Crippen molar-refractivity contribution in [3.8, 4) is 0 Å². The van der Waals surface area contributed by atoms with E-state index >= 15 is 0 Å². The number of hydrogen-bond donors (Lipinski definition) is 1. The summed E-state index contributed by atoms with van der Waals surface area (Å²) in [5, 5.41) is 4.83. The number of fused-ring (bicyclic) bond motifs is 1. The highest BCUT2D eigenvalue weighted by Crippen LogP contribution is 2.16. The number of carbonyl (C=O) groups excluding carboxylic acids is 1. The molecule has 74 valence electrons. The Hall–Kier alpha value is -1.55. The summed E-state index contributed by atoms with van der Waals surface area (Å²) in [6.07, 6.45) is 0. The molecule has 1 heterocycles. The van der Waals surface area contributed by atoms with Gasteiger partial charge in [0.25, 0.3) is 5.91 Å². The van der Waals surface area contributed by atoms with Crippen molar-refractivity contribution in [2.45, 2.75) is 0 Å². The standard InChI is InChI=1S/C9H9N3O.ClH/c1-12-7-5-3-2-4-6(7)8(11-12)9(10)13;/h2-5H,1H3,(H2,10,13);1H. The van der Waals surface area contributed by atoms with Gasteiger partial charge >= 0.3 is 0 Å². The number of rotatable bonds is 1. The molecule has 0 atom stereocenters. The van der Waals surface area contributed by atoms with Gasteiger partial charge in [-0.05, 0) is 6.07 Å². The van der Waals surface area contributed by atoms with Gasteiger partial charge in [-0.1, -0.05) is 18.2 Å². The summed E-state index contributed by atoms with van der Waals surface area (Å²) in [6, 6.07) is 7.49. The zero-order valence-electron chi connectivity index (χ0n) is 7.60. The third-order valence-corrected chi connectivity index (χ3v) is 1.99. The number of halogens is 1. The van der Waals surface area contributed by atoms with Gasteiger partial charge in [-0.15, -0.1) is 12.4 Å². The van der Waals surface area contributed by atoms with E-state index < -0.39 is 5.91 Å². The number of carbonyl (C=O) groups is 1. The smallest absolute Gasteiger partial charge is 0.269 e. The Balaban J connectivity index is 0.000000980. The number of nitrogens with two attached hydrogens (primary N) is 1. The summed E-state index contributed by atoms with van der Waals surface area (Å²) in [4.78, 5) is 11.0. The van der Waals surface area contributed by atoms with Gasteiger partial charge in [0, 0.05) is 12.4 Å². The van der Waals surface area contributed by atoms with Crippen LogP contribution in [0.1, 0.15) is 10.5 Å². The van der Waals surface area contributed by atoms with Crippen LogP contribution in [0.4, 0.5) is 0 Å². The van der Waals surface area contributed by atoms with Crippen LogP contribution in [0.5, 0.6) is 0 Å². The number of amides is 1. The number of aromatic nitrogens is 2. The molecule has 4 nitrogen and oxygen atoms in total. The van der Waals surface area contributed by atoms with Crippen LogP contribution < -0.4 is 5.73 Å². The quantitative estimate of drug-likeness (QED) is 0.768. The van der Waals surface area contributed by atoms with E-state index in [1.54, 1.807) is 11.7 Å². The minimum Gasteiger partial charge on any atom is -0.364 e. The van der Waals surface area contributed by atoms with E-state index in [1.165, 1.54) is 0 Å². The summed E-state index contributed by atoms with van der Waals surface area (Å²) in [5.74, 6) is -0.489. The van der Waals surface area contributed by atoms with Gasteiger partial charge in [-0.2, -0.15) is 5.10 Å². The van der Waals surface area contributed by atoms with Gasteiger partial charge in [0.1, 0.15) is 0 Å². The molecule has 0 aliphatic rings. The zero-order valence-corrected chi connectivity index (χ0v) is 8.41. The monoisotopic (exact) mass is 211 g/mol. The molecule has 0 saturated carbocycles. The van der Waals surface area contributed by atoms with Gasteiger partial charge in [0.05, 0.1) is 5.52 Å². The number of primary amides is 1. The number of hydrogen-bond acceptors (Lipinski definition) is 2. The van der Waals surface area contributed by atoms with Crippen LogP contribution in [0.15, 0.2) is 24.3 Å². The van der Waals surface area contributed by atoms with E-state index in [4.69, 9.17) is 5.73 Å². The molecule has 1 aromatic heterocycles. The molecule has 0 bridgehead atoms. The average molecular weight is 212 g/mol. The molecule has 1 amide bonds. The predicted octanol–water partition coefficient (Wildman–Crippen LogP) is 1.09. The van der Waals surface area contributed by atoms with Crippen LogP contribution in [-0.2, 0) is 7.05 Å². The molecule has 0 radical (unpaired) electrons. The van der Waals surface area contributed by atoms with Crippen molar-refractivity contribution in [2.24, 2.45) is 12.8 Å². The first-order chi connectivity index (χ1) is 6.20. The van der Waals surface area contributed by atoms with Crippen molar-refractivity contribution in [2.75, 3.05) is 0 Å². The maximum atomic E-state index is 11.0. The fourth-order valence-corrected chi connectivity index (χ4v) is 1.40. The lowest BCUT2D eigenvalue weighted by Crippen LogP contribution is -2.12. The average Bonchev–Trinajstić information content (AvgIpc) is 2.45. The summed E-state index contributed by atoms with van der Waals surface area (Å²) in [6.45, 7) is 0. The number of para-hydroxylation sites is 1. The molecular weight excluding hydrogens is 202 g/mol. The highest BCUT2D eigenvalue weighted by molar-refractivity contribution is 6.03. The van der Waals surface area contributed by atoms with Crippen LogP contribution in [0.2, 0.25) is 0 Å². The second kappa shape index (κ2) is 3.67. The maximum absolute atomic E-state index is 11.0. The summed E-state index contributed by atoms with van der Waals surface area (Å²) < 4.78 is 1.65. The molecule has 0 spiro atoms. The van der Waals surface area contributed by atoms with Gasteiger partial charge in [0.15, 0.2) is 5.69 Å². The van der Waals surface area contributed by atoms with Crippen LogP contribution in [0, 0.1) is 0 Å². The molecule has 0 saturated heterocycles. The van der Waals surface area contributed by atoms with E-state index in [0.717, 1.165) is 10.9 Å². The molecule has 1 aromatic carbocycles. The van der Waals surface area contributed by atoms with Crippen molar-refractivity contribution in [3.63, 3.8) is 0 Å². The van der Waals surface area contributed by atoms with Crippen molar-refractivity contribution < 1.29 is 4.79 Å². The molecule has 2 N–H and O–H groups in total. The lowest BCUT2D eigenvalue weighted by atomic mass is 10.2. The molecule has 0 fully saturated rings. The minimum absolute atomic E-state index is 0. The molecule has 0 unspecified atom stereocenters. The second-order valence-corrected chi connectivity index (χ2v) is 2.85. The van der Waals surface area contributed by atoms with Crippen molar-refractivity contribution in [1.29, 1.82) is 0 Å². The Labute approximate surface area is 87.1 Å². The van der Waals surface area contributed by atoms with Gasteiger partial charge in [0.2, 0.25) is 0 Å². The Kier molecular flexibility index (Phi) is 2.76. The highest BCUT2D eigenvalue weighted by atomic mass is 35.5. The zero-order chi connectivity index (χ0) is 9.42. The summed E-state index contributed by atoms with van der Waals surface area (Å²) in [7, 11) is 1.79. The first-order valence-corrected chi connectivity index (χ1v) is 3.91. The minimum atomic E-state index is -0.489. The van der Waals surface area contributed by atoms with E-state index in [-0.39, 0.29) is 12.4 Å². The van der Waals surface area contributed by atoms with Crippen LogP contribution in [-0.4, -0.2) is 15.7 Å². The molecule has 0 aliphatic carbocycles. The van der Waals surface area contributed by atoms with E-state index in [2.05, 4.69) is 5.10 Å². The fraction of sp³-hybridized carbons (Fsp3) is 0.111. The molecule has 14 heavy (non-hydrogen) atoms. The Morgan fingerprint density at radius 1 is 1.43 bits per heavy atom. The van der Waals surface area contributed by atoms with Crippen LogP contribution in [0.3, 0.4) is 0 Å². The van der Waals surface area contributed by atoms with Crippen molar-refractivity contribution in [1.82, 2.24) is 9.78 Å². The largest absolute Gasteiger partial charge is 0.364 e. The summed E-state index contributed by atoms with van der Waals surface area (Å²) >= 11 is 0. The van der Waals surface area contributed by atoms with Crippen LogP contribution >= 0.6 is 12.4 Å². The second-order valence-electron chi connectivity index (χ2n) is 2.85. The topological polar surface area (TPSA) is 60.9 Å². The van der Waals surface area contributed by atoms with E-state index in [1.807, 2.05) is 24.3 Å². The Morgan fingerprint density at radius 2 is 2.07 bits per heavy atom. The van der Waals surface area contributed by atoms with E-state index in [9.17, 15) is 4.79 Å². The lowest BCUT2D eigenvalue weighted by Gasteiger charge is -1.90. The lowest BCUT2D eigenvalue weighted by molar-refractivity contribution is 0.0996.